The van der Waals surface area contributed by atoms with E-state index in [0.717, 1.165) is 133 Å². The second-order valence-electron chi connectivity index (χ2n) is 17.6. The molecule has 0 fully saturated rings. The Kier molecular flexibility index (Phi) is 8.83. The van der Waals surface area contributed by atoms with Gasteiger partial charge in [-0.25, -0.2) is 0 Å². The van der Waals surface area contributed by atoms with Crippen LogP contribution in [0, 0.1) is 0 Å². The maximum Gasteiger partial charge on any atom is 0.159 e. The van der Waals surface area contributed by atoms with E-state index in [-0.39, 0.29) is 0 Å². The van der Waals surface area contributed by atoms with Crippen LogP contribution in [-0.4, -0.2) is 0 Å². The highest BCUT2D eigenvalue weighted by Crippen LogP contribution is 2.50. The number of nitrogens with zero attached hydrogens (tertiary/aromatic N) is 2. The van der Waals surface area contributed by atoms with Gasteiger partial charge in [0.05, 0.1) is 17.1 Å². The summed E-state index contributed by atoms with van der Waals surface area (Å²) in [7, 11) is 0. The molecule has 3 heterocycles. The number of rotatable bonds is 8. The van der Waals surface area contributed by atoms with E-state index in [0.29, 0.717) is 0 Å². The van der Waals surface area contributed by atoms with Gasteiger partial charge in [0.2, 0.25) is 0 Å². The molecule has 14 aromatic rings. The van der Waals surface area contributed by atoms with E-state index < -0.39 is 0 Å². The highest BCUT2D eigenvalue weighted by Gasteiger charge is 2.26. The third-order valence-corrected chi connectivity index (χ3v) is 13.6. The summed E-state index contributed by atoms with van der Waals surface area (Å²) in [4.78, 5) is 4.66. The van der Waals surface area contributed by atoms with Gasteiger partial charge >= 0.3 is 0 Å². The molecule has 0 N–H and O–H groups in total. The monoisotopic (exact) mass is 884 g/mol. The molecular weight excluding hydrogens is 845 g/mol. The number of hydrogen-bond acceptors (Lipinski definition) is 5. The molecule has 3 aromatic heterocycles. The molecule has 0 amide bonds. The largest absolute Gasteiger partial charge is 0.456 e. The lowest BCUT2D eigenvalue weighted by Gasteiger charge is -2.27. The standard InChI is InChI=1S/C64H40N2O3/c1-3-17-41(18-4-1)43-21-13-23-45(37-43)65(55-31-15-29-52-49-26-9-11-33-58(49)68-63(52)55)47-35-36-60-54(39-47)62-51-28-8-7-25-48(51)57(40-61(62)67-60)66(46-24-14-22-44(38-46)42-19-5-2-6-20-42)56-32-16-30-53-50-27-10-12-34-59(50)69-64(53)56/h1-40H. The summed E-state index contributed by atoms with van der Waals surface area (Å²) in [6.07, 6.45) is 0. The fourth-order valence-corrected chi connectivity index (χ4v) is 10.5. The Labute approximate surface area is 396 Å². The Morgan fingerprint density at radius 3 is 1.29 bits per heavy atom. The molecule has 11 aromatic carbocycles. The average Bonchev–Trinajstić information content (AvgIpc) is 4.12. The van der Waals surface area contributed by atoms with Gasteiger partial charge < -0.3 is 23.1 Å². The number of benzene rings is 11. The minimum absolute atomic E-state index is 0.786. The third-order valence-electron chi connectivity index (χ3n) is 13.6. The fourth-order valence-electron chi connectivity index (χ4n) is 10.5. The van der Waals surface area contributed by atoms with Crippen LogP contribution in [0.1, 0.15) is 0 Å². The predicted molar refractivity (Wildman–Crippen MR) is 286 cm³/mol. The summed E-state index contributed by atoms with van der Waals surface area (Å²) in [5.74, 6) is 0. The molecule has 69 heavy (non-hydrogen) atoms. The summed E-state index contributed by atoms with van der Waals surface area (Å²) >= 11 is 0. The van der Waals surface area contributed by atoms with Crippen molar-refractivity contribution in [1.29, 1.82) is 0 Å². The van der Waals surface area contributed by atoms with Gasteiger partial charge in [0, 0.05) is 60.8 Å². The average molecular weight is 885 g/mol. The topological polar surface area (TPSA) is 45.9 Å². The molecular formula is C64H40N2O3. The molecule has 14 rings (SSSR count). The van der Waals surface area contributed by atoms with Gasteiger partial charge in [-0.2, -0.15) is 0 Å². The Morgan fingerprint density at radius 2 is 0.681 bits per heavy atom. The van der Waals surface area contributed by atoms with Gasteiger partial charge in [-0.1, -0.05) is 170 Å². The molecule has 0 saturated carbocycles. The van der Waals surface area contributed by atoms with Crippen molar-refractivity contribution in [1.82, 2.24) is 0 Å². The smallest absolute Gasteiger partial charge is 0.159 e. The third kappa shape index (κ3) is 6.32. The van der Waals surface area contributed by atoms with Gasteiger partial charge in [0.15, 0.2) is 11.2 Å². The molecule has 0 radical (unpaired) electrons. The minimum atomic E-state index is 0.786. The summed E-state index contributed by atoms with van der Waals surface area (Å²) in [5, 5.41) is 8.52. The van der Waals surface area contributed by atoms with Crippen LogP contribution in [0.4, 0.5) is 34.1 Å². The van der Waals surface area contributed by atoms with Crippen LogP contribution in [0.3, 0.4) is 0 Å². The van der Waals surface area contributed by atoms with Crippen molar-refractivity contribution in [2.24, 2.45) is 0 Å². The van der Waals surface area contributed by atoms with Gasteiger partial charge in [-0.05, 0) is 94.4 Å². The Bertz CT molecular complexity index is 4280. The molecule has 0 spiro atoms. The zero-order chi connectivity index (χ0) is 45.4. The van der Waals surface area contributed by atoms with Crippen molar-refractivity contribution in [2.75, 3.05) is 9.80 Å². The number of fused-ring (bicyclic) bond motifs is 11. The minimum Gasteiger partial charge on any atom is -0.456 e. The quantitative estimate of drug-likeness (QED) is 0.152. The van der Waals surface area contributed by atoms with E-state index in [4.69, 9.17) is 13.3 Å². The van der Waals surface area contributed by atoms with Gasteiger partial charge in [0.1, 0.15) is 22.3 Å². The molecule has 324 valence electrons. The summed E-state index contributed by atoms with van der Waals surface area (Å²) in [5.41, 5.74) is 15.3. The zero-order valence-corrected chi connectivity index (χ0v) is 37.2. The van der Waals surface area contributed by atoms with Gasteiger partial charge in [-0.3, -0.25) is 0 Å². The van der Waals surface area contributed by atoms with E-state index in [1.165, 1.54) is 0 Å². The van der Waals surface area contributed by atoms with Crippen LogP contribution in [0.5, 0.6) is 0 Å². The van der Waals surface area contributed by atoms with Gasteiger partial charge in [0.25, 0.3) is 0 Å². The highest BCUT2D eigenvalue weighted by atomic mass is 16.3. The number of para-hydroxylation sites is 4. The maximum atomic E-state index is 7.00. The molecule has 0 unspecified atom stereocenters. The van der Waals surface area contributed by atoms with Crippen LogP contribution in [0.15, 0.2) is 256 Å². The fraction of sp³-hybridized carbons (Fsp3) is 0. The van der Waals surface area contributed by atoms with E-state index in [1.54, 1.807) is 0 Å². The van der Waals surface area contributed by atoms with Crippen LogP contribution in [-0.2, 0) is 0 Å². The first kappa shape index (κ1) is 38.9. The van der Waals surface area contributed by atoms with E-state index in [9.17, 15) is 0 Å². The van der Waals surface area contributed by atoms with Crippen molar-refractivity contribution in [3.05, 3.63) is 243 Å². The molecule has 0 atom stereocenters. The molecule has 0 aliphatic rings. The van der Waals surface area contributed by atoms with E-state index in [1.807, 2.05) is 24.3 Å². The SMILES string of the molecule is c1ccc(-c2cccc(N(c3ccc4oc5cc(N(c6cccc(-c7ccccc7)c6)c6cccc7c6oc6ccccc67)c6ccccc6c5c4c3)c3cccc4c3oc3ccccc34)c2)cc1. The Morgan fingerprint density at radius 1 is 0.232 bits per heavy atom. The Balaban J connectivity index is 1.01. The molecule has 0 aliphatic carbocycles. The number of anilines is 6. The van der Waals surface area contributed by atoms with E-state index in [2.05, 4.69) is 228 Å². The predicted octanol–water partition coefficient (Wildman–Crippen LogP) is 18.8. The lowest BCUT2D eigenvalue weighted by Crippen LogP contribution is -2.11. The first-order valence-electron chi connectivity index (χ1n) is 23.3. The summed E-state index contributed by atoms with van der Waals surface area (Å²) in [6.45, 7) is 0. The normalized spacial score (nSPS) is 11.8. The molecule has 5 heteroatoms. The van der Waals surface area contributed by atoms with Crippen LogP contribution in [0.25, 0.3) is 98.8 Å². The van der Waals surface area contributed by atoms with Gasteiger partial charge in [-0.15, -0.1) is 0 Å². The van der Waals surface area contributed by atoms with Crippen molar-refractivity contribution in [3.63, 3.8) is 0 Å². The summed E-state index contributed by atoms with van der Waals surface area (Å²) in [6, 6.07) is 85.5. The number of furan rings is 3. The molecule has 0 bridgehead atoms. The zero-order valence-electron chi connectivity index (χ0n) is 37.2. The van der Waals surface area contributed by atoms with Crippen LogP contribution in [0.2, 0.25) is 0 Å². The molecule has 0 saturated heterocycles. The van der Waals surface area contributed by atoms with Crippen LogP contribution >= 0.6 is 0 Å². The first-order chi connectivity index (χ1) is 34.2. The van der Waals surface area contributed by atoms with Crippen molar-refractivity contribution >= 4 is 111 Å². The van der Waals surface area contributed by atoms with E-state index >= 15 is 0 Å². The Hall–Kier alpha value is -9.32. The molecule has 0 aliphatic heterocycles. The van der Waals surface area contributed by atoms with Crippen molar-refractivity contribution < 1.29 is 13.3 Å². The second-order valence-corrected chi connectivity index (χ2v) is 17.6. The van der Waals surface area contributed by atoms with Crippen molar-refractivity contribution in [2.45, 2.75) is 0 Å². The maximum absolute atomic E-state index is 7.00. The first-order valence-corrected chi connectivity index (χ1v) is 23.3. The lowest BCUT2D eigenvalue weighted by molar-refractivity contribution is 0.667. The lowest BCUT2D eigenvalue weighted by atomic mass is 9.99. The molecule has 5 nitrogen and oxygen atoms in total. The summed E-state index contributed by atoms with van der Waals surface area (Å²) < 4.78 is 20.5. The number of hydrogen-bond donors (Lipinski definition) is 0. The highest BCUT2D eigenvalue weighted by molar-refractivity contribution is 6.24. The van der Waals surface area contributed by atoms with Crippen LogP contribution < -0.4 is 9.80 Å². The second kappa shape index (κ2) is 15.7. The van der Waals surface area contributed by atoms with Crippen molar-refractivity contribution in [3.8, 4) is 22.3 Å².